The Morgan fingerprint density at radius 2 is 2.00 bits per heavy atom. The molecule has 0 saturated heterocycles. The molecular formula is C16H26. The van der Waals surface area contributed by atoms with Crippen LogP contribution in [0.2, 0.25) is 0 Å². The van der Waals surface area contributed by atoms with Crippen molar-refractivity contribution in [1.29, 1.82) is 0 Å². The van der Waals surface area contributed by atoms with Gasteiger partial charge in [-0.15, -0.1) is 6.58 Å². The van der Waals surface area contributed by atoms with E-state index in [4.69, 9.17) is 0 Å². The van der Waals surface area contributed by atoms with Crippen molar-refractivity contribution in [2.24, 2.45) is 17.3 Å². The Balaban J connectivity index is 2.67. The van der Waals surface area contributed by atoms with Crippen LogP contribution >= 0.6 is 0 Å². The van der Waals surface area contributed by atoms with Gasteiger partial charge in [0.1, 0.15) is 0 Å². The molecule has 0 nitrogen and oxygen atoms in total. The van der Waals surface area contributed by atoms with Crippen molar-refractivity contribution >= 4 is 0 Å². The van der Waals surface area contributed by atoms with Crippen molar-refractivity contribution in [3.05, 3.63) is 36.5 Å². The third-order valence-corrected chi connectivity index (χ3v) is 3.21. The fraction of sp³-hybridized carbons (Fsp3) is 0.625. The lowest BCUT2D eigenvalue weighted by atomic mass is 9.74. The van der Waals surface area contributed by atoms with E-state index in [0.717, 1.165) is 18.3 Å². The Labute approximate surface area is 101 Å². The van der Waals surface area contributed by atoms with Gasteiger partial charge < -0.3 is 0 Å². The quantitative estimate of drug-likeness (QED) is 0.561. The lowest BCUT2D eigenvalue weighted by Crippen LogP contribution is -2.19. The lowest BCUT2D eigenvalue weighted by molar-refractivity contribution is 0.377. The van der Waals surface area contributed by atoms with Crippen LogP contribution in [0.4, 0.5) is 0 Å². The Morgan fingerprint density at radius 3 is 2.38 bits per heavy atom. The topological polar surface area (TPSA) is 0 Å². The Morgan fingerprint density at radius 1 is 1.31 bits per heavy atom. The second-order valence-corrected chi connectivity index (χ2v) is 5.95. The van der Waals surface area contributed by atoms with Crippen LogP contribution in [-0.2, 0) is 0 Å². The summed E-state index contributed by atoms with van der Waals surface area (Å²) in [6.45, 7) is 13.1. The molecule has 0 spiro atoms. The van der Waals surface area contributed by atoms with E-state index < -0.39 is 0 Å². The predicted octanol–water partition coefficient (Wildman–Crippen LogP) is 5.14. The van der Waals surface area contributed by atoms with E-state index in [1.165, 1.54) is 18.4 Å². The minimum Gasteiger partial charge on any atom is -0.102 e. The first-order valence-corrected chi connectivity index (χ1v) is 6.49. The van der Waals surface area contributed by atoms with E-state index >= 15 is 0 Å². The number of allylic oxidation sites excluding steroid dienone is 5. The van der Waals surface area contributed by atoms with E-state index in [2.05, 4.69) is 58.6 Å². The molecule has 0 bridgehead atoms. The molecule has 0 aromatic carbocycles. The van der Waals surface area contributed by atoms with Gasteiger partial charge in [-0.3, -0.25) is 0 Å². The van der Waals surface area contributed by atoms with Gasteiger partial charge in [0.15, 0.2) is 0 Å². The molecule has 0 N–H and O–H groups in total. The van der Waals surface area contributed by atoms with Crippen LogP contribution in [-0.4, -0.2) is 0 Å². The third-order valence-electron chi connectivity index (χ3n) is 3.21. The van der Waals surface area contributed by atoms with Crippen LogP contribution in [0, 0.1) is 17.3 Å². The molecule has 1 rings (SSSR count). The highest BCUT2D eigenvalue weighted by Gasteiger charge is 2.25. The van der Waals surface area contributed by atoms with Crippen LogP contribution in [0.5, 0.6) is 0 Å². The maximum atomic E-state index is 4.02. The fourth-order valence-electron chi connectivity index (χ4n) is 2.50. The van der Waals surface area contributed by atoms with E-state index in [0.29, 0.717) is 0 Å². The SMILES string of the molecule is C=CC1(CC(C)C)C=CC(CC(C)C)=CC1. The standard InChI is InChI=1S/C16H26/c1-6-16(12-14(4)5)9-7-15(8-10-16)11-13(2)3/h6-9,13-14H,1,10-12H2,2-5H3. The molecule has 1 aliphatic rings. The molecule has 1 aliphatic carbocycles. The van der Waals surface area contributed by atoms with E-state index in [-0.39, 0.29) is 5.41 Å². The molecule has 0 aromatic heterocycles. The number of hydrogen-bond donors (Lipinski definition) is 0. The fourth-order valence-corrected chi connectivity index (χ4v) is 2.50. The highest BCUT2D eigenvalue weighted by atomic mass is 14.3. The lowest BCUT2D eigenvalue weighted by Gasteiger charge is -2.31. The maximum absolute atomic E-state index is 4.02. The molecular weight excluding hydrogens is 192 g/mol. The highest BCUT2D eigenvalue weighted by Crippen LogP contribution is 2.38. The van der Waals surface area contributed by atoms with E-state index in [9.17, 15) is 0 Å². The van der Waals surface area contributed by atoms with Gasteiger partial charge in [-0.05, 0) is 31.1 Å². The van der Waals surface area contributed by atoms with Crippen molar-refractivity contribution in [3.63, 3.8) is 0 Å². The smallest absolute Gasteiger partial charge is 0.00986 e. The highest BCUT2D eigenvalue weighted by molar-refractivity contribution is 5.29. The molecule has 0 heteroatoms. The van der Waals surface area contributed by atoms with Crippen molar-refractivity contribution in [1.82, 2.24) is 0 Å². The Hall–Kier alpha value is -0.780. The van der Waals surface area contributed by atoms with Crippen molar-refractivity contribution in [3.8, 4) is 0 Å². The van der Waals surface area contributed by atoms with Crippen molar-refractivity contribution < 1.29 is 0 Å². The summed E-state index contributed by atoms with van der Waals surface area (Å²) in [5.74, 6) is 1.47. The monoisotopic (exact) mass is 218 g/mol. The first kappa shape index (κ1) is 13.3. The second-order valence-electron chi connectivity index (χ2n) is 5.95. The summed E-state index contributed by atoms with van der Waals surface area (Å²) >= 11 is 0. The van der Waals surface area contributed by atoms with Gasteiger partial charge in [-0.2, -0.15) is 0 Å². The summed E-state index contributed by atoms with van der Waals surface area (Å²) in [5, 5.41) is 0. The number of rotatable bonds is 5. The molecule has 90 valence electrons. The summed E-state index contributed by atoms with van der Waals surface area (Å²) in [6.07, 6.45) is 12.8. The van der Waals surface area contributed by atoms with E-state index in [1.807, 2.05) is 0 Å². The molecule has 0 amide bonds. The van der Waals surface area contributed by atoms with Gasteiger partial charge in [0, 0.05) is 5.41 Å². The summed E-state index contributed by atoms with van der Waals surface area (Å²) in [6, 6.07) is 0. The zero-order valence-electron chi connectivity index (χ0n) is 11.3. The molecule has 16 heavy (non-hydrogen) atoms. The number of hydrogen-bond acceptors (Lipinski definition) is 0. The van der Waals surface area contributed by atoms with Crippen molar-refractivity contribution in [2.75, 3.05) is 0 Å². The summed E-state index contributed by atoms with van der Waals surface area (Å²) < 4.78 is 0. The van der Waals surface area contributed by atoms with Crippen LogP contribution in [0.3, 0.4) is 0 Å². The average Bonchev–Trinajstić information content (AvgIpc) is 2.20. The minimum absolute atomic E-state index is 0.217. The van der Waals surface area contributed by atoms with Gasteiger partial charge in [-0.25, -0.2) is 0 Å². The van der Waals surface area contributed by atoms with Gasteiger partial charge in [0.25, 0.3) is 0 Å². The average molecular weight is 218 g/mol. The predicted molar refractivity (Wildman–Crippen MR) is 73.4 cm³/mol. The molecule has 0 radical (unpaired) electrons. The molecule has 0 heterocycles. The summed E-state index contributed by atoms with van der Waals surface area (Å²) in [7, 11) is 0. The zero-order chi connectivity index (χ0) is 12.2. The maximum Gasteiger partial charge on any atom is 0.00986 e. The molecule has 0 aromatic rings. The first-order valence-electron chi connectivity index (χ1n) is 6.49. The molecule has 1 unspecified atom stereocenters. The van der Waals surface area contributed by atoms with Crippen LogP contribution in [0.15, 0.2) is 36.5 Å². The molecule has 0 fully saturated rings. The Bertz CT molecular complexity index is 291. The first-order chi connectivity index (χ1) is 7.47. The van der Waals surface area contributed by atoms with E-state index in [1.54, 1.807) is 0 Å². The van der Waals surface area contributed by atoms with Gasteiger partial charge in [0.2, 0.25) is 0 Å². The summed E-state index contributed by atoms with van der Waals surface area (Å²) in [4.78, 5) is 0. The molecule has 0 saturated carbocycles. The molecule has 1 atom stereocenters. The summed E-state index contributed by atoms with van der Waals surface area (Å²) in [5.41, 5.74) is 1.71. The van der Waals surface area contributed by atoms with Crippen molar-refractivity contribution in [2.45, 2.75) is 47.0 Å². The zero-order valence-corrected chi connectivity index (χ0v) is 11.3. The van der Waals surface area contributed by atoms with Crippen LogP contribution < -0.4 is 0 Å². The largest absolute Gasteiger partial charge is 0.102 e. The van der Waals surface area contributed by atoms with Gasteiger partial charge in [-0.1, -0.05) is 57.6 Å². The normalized spacial score (nSPS) is 25.0. The van der Waals surface area contributed by atoms with Crippen LogP contribution in [0.1, 0.15) is 47.0 Å². The third kappa shape index (κ3) is 3.66. The molecule has 0 aliphatic heterocycles. The van der Waals surface area contributed by atoms with Gasteiger partial charge >= 0.3 is 0 Å². The van der Waals surface area contributed by atoms with Crippen LogP contribution in [0.25, 0.3) is 0 Å². The minimum atomic E-state index is 0.217. The second kappa shape index (κ2) is 5.52. The van der Waals surface area contributed by atoms with Gasteiger partial charge in [0.05, 0.1) is 0 Å². The Kier molecular flexibility index (Phi) is 4.58.